The molecule has 2 fully saturated rings. The summed E-state index contributed by atoms with van der Waals surface area (Å²) < 4.78 is 5.77. The Morgan fingerprint density at radius 1 is 1.06 bits per heavy atom. The van der Waals surface area contributed by atoms with Crippen LogP contribution < -0.4 is 5.32 Å². The van der Waals surface area contributed by atoms with E-state index in [2.05, 4.69) is 10.2 Å². The number of likely N-dealkylation sites (N-methyl/N-ethyl adjacent to an activating group) is 1. The van der Waals surface area contributed by atoms with Crippen molar-refractivity contribution in [1.29, 1.82) is 0 Å². The van der Waals surface area contributed by atoms with Crippen LogP contribution in [-0.2, 0) is 14.3 Å². The molecule has 8 heteroatoms. The summed E-state index contributed by atoms with van der Waals surface area (Å²) in [7, 11) is 2.03. The van der Waals surface area contributed by atoms with E-state index in [1.54, 1.807) is 0 Å². The number of morpholine rings is 1. The second-order valence-electron chi connectivity index (χ2n) is 9.07. The summed E-state index contributed by atoms with van der Waals surface area (Å²) in [5.41, 5.74) is 3.00. The van der Waals surface area contributed by atoms with Crippen LogP contribution in [0.2, 0.25) is 0 Å². The number of rotatable bonds is 3. The molecule has 1 aromatic rings. The molecule has 3 rings (SSSR count). The quantitative estimate of drug-likeness (QED) is 0.689. The van der Waals surface area contributed by atoms with Gasteiger partial charge in [0.25, 0.3) is 12.4 Å². The molecule has 2 N–H and O–H groups in total. The Balaban J connectivity index is 0.00000114. The predicted molar refractivity (Wildman–Crippen MR) is 123 cm³/mol. The van der Waals surface area contributed by atoms with Gasteiger partial charge in [-0.1, -0.05) is 6.07 Å². The number of amides is 2. The Morgan fingerprint density at radius 2 is 1.69 bits per heavy atom. The van der Waals surface area contributed by atoms with Gasteiger partial charge in [0, 0.05) is 37.8 Å². The van der Waals surface area contributed by atoms with Crippen LogP contribution in [0, 0.1) is 19.8 Å². The Morgan fingerprint density at radius 3 is 2.28 bits per heavy atom. The molecule has 0 unspecified atom stereocenters. The van der Waals surface area contributed by atoms with Crippen molar-refractivity contribution in [2.45, 2.75) is 58.8 Å². The van der Waals surface area contributed by atoms with Crippen LogP contribution in [0.25, 0.3) is 0 Å². The van der Waals surface area contributed by atoms with Gasteiger partial charge in [-0.15, -0.1) is 0 Å². The van der Waals surface area contributed by atoms with Gasteiger partial charge in [0.05, 0.1) is 18.1 Å². The van der Waals surface area contributed by atoms with Crippen LogP contribution in [0.15, 0.2) is 18.2 Å². The molecule has 0 radical (unpaired) electrons. The molecule has 2 heterocycles. The Labute approximate surface area is 190 Å². The van der Waals surface area contributed by atoms with Crippen LogP contribution in [0.5, 0.6) is 0 Å². The van der Waals surface area contributed by atoms with Crippen molar-refractivity contribution in [2.75, 3.05) is 33.2 Å². The number of likely N-dealkylation sites (tertiary alicyclic amines) is 1. The van der Waals surface area contributed by atoms with Gasteiger partial charge in [0.2, 0.25) is 5.91 Å². The van der Waals surface area contributed by atoms with Gasteiger partial charge in [-0.25, -0.2) is 0 Å². The minimum Gasteiger partial charge on any atom is -0.483 e. The number of carbonyl (C=O) groups is 3. The van der Waals surface area contributed by atoms with E-state index < -0.39 is 0 Å². The predicted octanol–water partition coefficient (Wildman–Crippen LogP) is 2.08. The lowest BCUT2D eigenvalue weighted by Crippen LogP contribution is -2.51. The smallest absolute Gasteiger partial charge is 0.290 e. The third-order valence-electron chi connectivity index (χ3n) is 6.11. The van der Waals surface area contributed by atoms with Crippen molar-refractivity contribution in [2.24, 2.45) is 5.92 Å². The fourth-order valence-electron chi connectivity index (χ4n) is 4.50. The lowest BCUT2D eigenvalue weighted by atomic mass is 9.99. The fourth-order valence-corrected chi connectivity index (χ4v) is 4.50. The molecule has 0 spiro atoms. The highest BCUT2D eigenvalue weighted by atomic mass is 16.5. The Kier molecular flexibility index (Phi) is 9.65. The van der Waals surface area contributed by atoms with Crippen molar-refractivity contribution < 1.29 is 24.2 Å². The molecule has 0 aliphatic carbocycles. The molecule has 2 aliphatic heterocycles. The van der Waals surface area contributed by atoms with Crippen LogP contribution in [0.1, 0.15) is 48.2 Å². The number of nitrogens with one attached hydrogen (secondary N) is 1. The lowest BCUT2D eigenvalue weighted by Gasteiger charge is -2.37. The maximum Gasteiger partial charge on any atom is 0.290 e. The molecule has 8 nitrogen and oxygen atoms in total. The van der Waals surface area contributed by atoms with Gasteiger partial charge in [0.15, 0.2) is 0 Å². The summed E-state index contributed by atoms with van der Waals surface area (Å²) in [6, 6.07) is 5.86. The first-order valence-electron chi connectivity index (χ1n) is 11.2. The van der Waals surface area contributed by atoms with E-state index in [9.17, 15) is 9.59 Å². The Bertz CT molecular complexity index is 790. The molecular weight excluding hydrogens is 410 g/mol. The highest BCUT2D eigenvalue weighted by Crippen LogP contribution is 2.21. The van der Waals surface area contributed by atoms with E-state index in [1.165, 1.54) is 5.56 Å². The minimum absolute atomic E-state index is 0.0268. The zero-order chi connectivity index (χ0) is 23.8. The number of hydrogen-bond acceptors (Lipinski definition) is 5. The normalized spacial score (nSPS) is 26.3. The zero-order valence-electron chi connectivity index (χ0n) is 19.8. The first-order chi connectivity index (χ1) is 15.1. The highest BCUT2D eigenvalue weighted by molar-refractivity contribution is 5.94. The summed E-state index contributed by atoms with van der Waals surface area (Å²) >= 11 is 0. The van der Waals surface area contributed by atoms with E-state index in [0.717, 1.165) is 31.5 Å². The molecule has 2 saturated heterocycles. The molecular formula is C24H37N3O5. The minimum atomic E-state index is -0.250. The van der Waals surface area contributed by atoms with Gasteiger partial charge in [0.1, 0.15) is 0 Å². The first kappa shape index (κ1) is 25.8. The molecule has 0 saturated carbocycles. The monoisotopic (exact) mass is 447 g/mol. The summed E-state index contributed by atoms with van der Waals surface area (Å²) in [6.07, 6.45) is 1.76. The molecule has 2 aliphatic rings. The summed E-state index contributed by atoms with van der Waals surface area (Å²) in [4.78, 5) is 38.3. The summed E-state index contributed by atoms with van der Waals surface area (Å²) in [5.74, 6) is 0.160. The molecule has 2 amide bonds. The van der Waals surface area contributed by atoms with E-state index in [-0.39, 0.29) is 42.5 Å². The second kappa shape index (κ2) is 12.0. The third kappa shape index (κ3) is 7.31. The molecule has 0 bridgehead atoms. The van der Waals surface area contributed by atoms with Gasteiger partial charge in [-0.2, -0.15) is 0 Å². The fraction of sp³-hybridized carbons (Fsp3) is 0.625. The van der Waals surface area contributed by atoms with Crippen molar-refractivity contribution >= 4 is 18.3 Å². The summed E-state index contributed by atoms with van der Waals surface area (Å²) in [6.45, 7) is 10.7. The number of aryl methyl sites for hydroxylation is 2. The zero-order valence-corrected chi connectivity index (χ0v) is 19.8. The van der Waals surface area contributed by atoms with E-state index in [1.807, 2.05) is 57.8 Å². The molecule has 1 aromatic carbocycles. The van der Waals surface area contributed by atoms with Crippen LogP contribution in [0.4, 0.5) is 0 Å². The Hall–Kier alpha value is -2.45. The van der Waals surface area contributed by atoms with Crippen molar-refractivity contribution in [3.63, 3.8) is 0 Å². The maximum atomic E-state index is 13.1. The van der Waals surface area contributed by atoms with Crippen LogP contribution in [-0.4, -0.2) is 84.7 Å². The highest BCUT2D eigenvalue weighted by Gasteiger charge is 2.33. The van der Waals surface area contributed by atoms with Crippen molar-refractivity contribution in [3.05, 3.63) is 34.9 Å². The average Bonchev–Trinajstić information content (AvgIpc) is 2.90. The standard InChI is InChI=1S/C23H35N3O3.CH2O2/c1-15-6-7-19(10-16(15)2)22(27)24-21-9-8-20(13-25(5)14-21)23(28)26-11-17(3)29-18(4)12-26;2-1-3/h6-7,10,17-18,20-21H,8-9,11-14H2,1-5H3,(H,24,27);1H,(H,2,3)/t17-,18+,20-,21+;/m1./s1. The number of hydrogen-bond donors (Lipinski definition) is 2. The van der Waals surface area contributed by atoms with Gasteiger partial charge >= 0.3 is 0 Å². The van der Waals surface area contributed by atoms with E-state index >= 15 is 0 Å². The van der Waals surface area contributed by atoms with Crippen molar-refractivity contribution in [1.82, 2.24) is 15.1 Å². The second-order valence-corrected chi connectivity index (χ2v) is 9.07. The molecule has 0 aromatic heterocycles. The largest absolute Gasteiger partial charge is 0.483 e. The van der Waals surface area contributed by atoms with Gasteiger partial charge in [-0.3, -0.25) is 14.4 Å². The van der Waals surface area contributed by atoms with E-state index in [0.29, 0.717) is 18.7 Å². The van der Waals surface area contributed by atoms with Crippen LogP contribution >= 0.6 is 0 Å². The van der Waals surface area contributed by atoms with Gasteiger partial charge in [-0.05, 0) is 70.8 Å². The number of benzene rings is 1. The number of carboxylic acid groups (broad SMARTS) is 1. The third-order valence-corrected chi connectivity index (χ3v) is 6.11. The molecule has 32 heavy (non-hydrogen) atoms. The average molecular weight is 448 g/mol. The number of carbonyl (C=O) groups excluding carboxylic acids is 2. The molecule has 178 valence electrons. The number of ether oxygens (including phenoxy) is 1. The van der Waals surface area contributed by atoms with E-state index in [4.69, 9.17) is 14.6 Å². The molecule has 4 atom stereocenters. The topological polar surface area (TPSA) is 99.2 Å². The van der Waals surface area contributed by atoms with Crippen molar-refractivity contribution in [3.8, 4) is 0 Å². The van der Waals surface area contributed by atoms with Crippen LogP contribution in [0.3, 0.4) is 0 Å². The lowest BCUT2D eigenvalue weighted by molar-refractivity contribution is -0.148. The first-order valence-corrected chi connectivity index (χ1v) is 11.2. The summed E-state index contributed by atoms with van der Waals surface area (Å²) in [5, 5.41) is 10.1. The van der Waals surface area contributed by atoms with Gasteiger partial charge < -0.3 is 25.0 Å². The number of nitrogens with zero attached hydrogens (tertiary/aromatic N) is 2. The maximum absolute atomic E-state index is 13.1. The SMILES string of the molecule is Cc1ccc(C(=O)N[C@H]2CC[C@@H](C(=O)N3C[C@@H](C)O[C@@H](C)C3)CN(C)C2)cc1C.O=CO.